The van der Waals surface area contributed by atoms with Crippen molar-refractivity contribution < 1.29 is 47.5 Å². The normalized spacial score (nSPS) is 13.9. The molecule has 340 valence electrons. The lowest BCUT2D eigenvalue weighted by molar-refractivity contribution is -0.161. The number of unbranched alkanes of at least 4 members (excludes halogenated alkanes) is 26. The number of allylic oxidation sites excluding steroid dienone is 4. The number of nitrogens with two attached hydrogens (primary N) is 1. The minimum absolute atomic E-state index is 0.157. The highest BCUT2D eigenvalue weighted by Gasteiger charge is 2.28. The van der Waals surface area contributed by atoms with Crippen molar-refractivity contribution in [1.29, 1.82) is 0 Å². The van der Waals surface area contributed by atoms with Gasteiger partial charge >= 0.3 is 25.7 Å². The van der Waals surface area contributed by atoms with E-state index < -0.39 is 51.1 Å². The van der Waals surface area contributed by atoms with Crippen LogP contribution in [-0.4, -0.2) is 59.9 Å². The average molecular weight is 844 g/mol. The van der Waals surface area contributed by atoms with Crippen LogP contribution in [0, 0.1) is 0 Å². The van der Waals surface area contributed by atoms with Gasteiger partial charge in [0.25, 0.3) is 0 Å². The standard InChI is InChI=1S/C46H86NO10P/c1-3-5-7-9-11-13-15-17-19-21-23-25-27-29-31-33-35-37-44(48)54-39-42(40-55-58(52,53)56-41-43(47)46(50)51)57-45(49)38-36-34-32-30-28-26-24-22-20-18-16-14-12-10-8-6-4-2/h17-20,42-43H,3-16,21-41,47H2,1-2H3,(H,50,51)(H,52,53)/b19-17-,20-18-/t42-,43+/m1/s1. The topological polar surface area (TPSA) is 172 Å². The lowest BCUT2D eigenvalue weighted by Gasteiger charge is -2.20. The number of phosphoric ester groups is 1. The van der Waals surface area contributed by atoms with E-state index in [1.807, 2.05) is 0 Å². The largest absolute Gasteiger partial charge is 0.480 e. The summed E-state index contributed by atoms with van der Waals surface area (Å²) in [5.74, 6) is -2.38. The molecule has 0 aliphatic rings. The van der Waals surface area contributed by atoms with Crippen molar-refractivity contribution in [2.45, 2.75) is 231 Å². The molecule has 0 aromatic rings. The Morgan fingerprint density at radius 2 is 0.862 bits per heavy atom. The summed E-state index contributed by atoms with van der Waals surface area (Å²) in [5.41, 5.74) is 5.34. The van der Waals surface area contributed by atoms with Gasteiger partial charge in [-0.15, -0.1) is 0 Å². The number of carbonyl (C=O) groups is 3. The molecule has 12 heteroatoms. The fraction of sp³-hybridized carbons (Fsp3) is 0.848. The van der Waals surface area contributed by atoms with Crippen molar-refractivity contribution in [3.05, 3.63) is 24.3 Å². The van der Waals surface area contributed by atoms with Gasteiger partial charge < -0.3 is 25.2 Å². The third kappa shape index (κ3) is 40.7. The molecule has 58 heavy (non-hydrogen) atoms. The van der Waals surface area contributed by atoms with Crippen molar-refractivity contribution >= 4 is 25.7 Å². The Morgan fingerprint density at radius 1 is 0.517 bits per heavy atom. The molecule has 0 heterocycles. The number of carboxylic acid groups (broad SMARTS) is 1. The van der Waals surface area contributed by atoms with E-state index in [1.165, 1.54) is 128 Å². The zero-order valence-electron chi connectivity index (χ0n) is 36.9. The van der Waals surface area contributed by atoms with E-state index in [-0.39, 0.29) is 19.4 Å². The number of ether oxygens (including phenoxy) is 2. The maximum absolute atomic E-state index is 12.6. The summed E-state index contributed by atoms with van der Waals surface area (Å²) in [6, 6.07) is -1.52. The van der Waals surface area contributed by atoms with Crippen LogP contribution in [0.5, 0.6) is 0 Å². The van der Waals surface area contributed by atoms with Gasteiger partial charge in [-0.2, -0.15) is 0 Å². The maximum Gasteiger partial charge on any atom is 0.472 e. The monoisotopic (exact) mass is 844 g/mol. The Hall–Kier alpha value is -2.04. The molecule has 0 saturated heterocycles. The Balaban J connectivity index is 4.32. The highest BCUT2D eigenvalue weighted by atomic mass is 31.2. The number of rotatable bonds is 44. The van der Waals surface area contributed by atoms with E-state index in [1.54, 1.807) is 0 Å². The van der Waals surface area contributed by atoms with Crippen molar-refractivity contribution in [3.8, 4) is 0 Å². The molecule has 4 N–H and O–H groups in total. The number of esters is 2. The molecule has 0 fully saturated rings. The Morgan fingerprint density at radius 3 is 1.26 bits per heavy atom. The summed E-state index contributed by atoms with van der Waals surface area (Å²) in [7, 11) is -4.72. The SMILES string of the molecule is CCCCCCCC/C=C\CCCCCCCCCC(=O)OC[C@H](COP(=O)(O)OC[C@H](N)C(=O)O)OC(=O)CCCCCCCCC/C=C\CCCCCCCC. The second-order valence-electron chi connectivity index (χ2n) is 15.9. The molecule has 3 atom stereocenters. The number of phosphoric acid groups is 1. The van der Waals surface area contributed by atoms with E-state index in [2.05, 4.69) is 42.7 Å². The average Bonchev–Trinajstić information content (AvgIpc) is 3.20. The molecule has 0 bridgehead atoms. The van der Waals surface area contributed by atoms with E-state index in [0.29, 0.717) is 12.8 Å². The fourth-order valence-corrected chi connectivity index (χ4v) is 7.24. The minimum atomic E-state index is -4.72. The molecule has 0 rings (SSSR count). The van der Waals surface area contributed by atoms with Gasteiger partial charge in [-0.3, -0.25) is 23.4 Å². The first-order chi connectivity index (χ1) is 28.1. The van der Waals surface area contributed by atoms with Crippen LogP contribution in [0.15, 0.2) is 24.3 Å². The molecule has 0 aliphatic heterocycles. The number of hydrogen-bond acceptors (Lipinski definition) is 9. The fourth-order valence-electron chi connectivity index (χ4n) is 6.47. The summed E-state index contributed by atoms with van der Waals surface area (Å²) in [5, 5.41) is 8.90. The smallest absolute Gasteiger partial charge is 0.472 e. The third-order valence-corrected chi connectivity index (χ3v) is 11.1. The van der Waals surface area contributed by atoms with Gasteiger partial charge in [0.2, 0.25) is 0 Å². The first kappa shape index (κ1) is 56.0. The number of carboxylic acids is 1. The second kappa shape index (κ2) is 41.7. The van der Waals surface area contributed by atoms with Crippen LogP contribution in [-0.2, 0) is 37.5 Å². The Bertz CT molecular complexity index is 1080. The molecule has 0 spiro atoms. The number of aliphatic carboxylic acids is 1. The molecule has 0 radical (unpaired) electrons. The van der Waals surface area contributed by atoms with Crippen LogP contribution in [0.2, 0.25) is 0 Å². The lowest BCUT2D eigenvalue weighted by Crippen LogP contribution is -2.34. The molecule has 0 amide bonds. The molecular weight excluding hydrogens is 757 g/mol. The summed E-state index contributed by atoms with van der Waals surface area (Å²) < 4.78 is 32.8. The molecule has 0 aromatic carbocycles. The molecule has 11 nitrogen and oxygen atoms in total. The number of hydrogen-bond donors (Lipinski definition) is 3. The van der Waals surface area contributed by atoms with Crippen molar-refractivity contribution in [2.24, 2.45) is 5.73 Å². The van der Waals surface area contributed by atoms with E-state index in [4.69, 9.17) is 24.8 Å². The highest BCUT2D eigenvalue weighted by molar-refractivity contribution is 7.47. The van der Waals surface area contributed by atoms with Gasteiger partial charge in [-0.25, -0.2) is 4.57 Å². The molecule has 0 aliphatic carbocycles. The minimum Gasteiger partial charge on any atom is -0.480 e. The van der Waals surface area contributed by atoms with Crippen LogP contribution < -0.4 is 5.73 Å². The summed E-state index contributed by atoms with van der Waals surface area (Å²) in [6.45, 7) is 2.81. The molecule has 0 saturated carbocycles. The lowest BCUT2D eigenvalue weighted by atomic mass is 10.1. The Labute approximate surface area is 353 Å². The summed E-state index contributed by atoms with van der Waals surface area (Å²) in [6.07, 6.45) is 43.8. The zero-order valence-corrected chi connectivity index (χ0v) is 37.8. The summed E-state index contributed by atoms with van der Waals surface area (Å²) >= 11 is 0. The van der Waals surface area contributed by atoms with Crippen LogP contribution in [0.1, 0.15) is 219 Å². The predicted molar refractivity (Wildman–Crippen MR) is 236 cm³/mol. The number of carbonyl (C=O) groups excluding carboxylic acids is 2. The molecular formula is C46H86NO10P. The molecule has 1 unspecified atom stereocenters. The van der Waals surface area contributed by atoms with Gasteiger partial charge in [0.15, 0.2) is 6.10 Å². The Kier molecular flexibility index (Phi) is 40.2. The van der Waals surface area contributed by atoms with Crippen molar-refractivity contribution in [1.82, 2.24) is 0 Å². The van der Waals surface area contributed by atoms with Crippen molar-refractivity contribution in [3.63, 3.8) is 0 Å². The van der Waals surface area contributed by atoms with Gasteiger partial charge in [-0.05, 0) is 64.2 Å². The summed E-state index contributed by atoms with van der Waals surface area (Å²) in [4.78, 5) is 46.0. The maximum atomic E-state index is 12.6. The van der Waals surface area contributed by atoms with Crippen LogP contribution in [0.25, 0.3) is 0 Å². The van der Waals surface area contributed by atoms with Crippen LogP contribution >= 0.6 is 7.82 Å². The van der Waals surface area contributed by atoms with E-state index in [9.17, 15) is 23.8 Å². The van der Waals surface area contributed by atoms with Crippen LogP contribution in [0.4, 0.5) is 0 Å². The highest BCUT2D eigenvalue weighted by Crippen LogP contribution is 2.43. The van der Waals surface area contributed by atoms with Gasteiger partial charge in [0.1, 0.15) is 12.6 Å². The van der Waals surface area contributed by atoms with Gasteiger partial charge in [-0.1, -0.05) is 167 Å². The van der Waals surface area contributed by atoms with Gasteiger partial charge in [0.05, 0.1) is 13.2 Å². The quantitative estimate of drug-likeness (QED) is 0.0231. The molecule has 0 aromatic heterocycles. The second-order valence-corrected chi connectivity index (χ2v) is 17.3. The predicted octanol–water partition coefficient (Wildman–Crippen LogP) is 12.6. The first-order valence-corrected chi connectivity index (χ1v) is 24.9. The van der Waals surface area contributed by atoms with E-state index in [0.717, 1.165) is 51.4 Å². The van der Waals surface area contributed by atoms with Crippen LogP contribution in [0.3, 0.4) is 0 Å². The van der Waals surface area contributed by atoms with E-state index >= 15 is 0 Å². The van der Waals surface area contributed by atoms with Gasteiger partial charge in [0, 0.05) is 12.8 Å². The van der Waals surface area contributed by atoms with Crippen molar-refractivity contribution in [2.75, 3.05) is 19.8 Å². The first-order valence-electron chi connectivity index (χ1n) is 23.4. The third-order valence-electron chi connectivity index (χ3n) is 10.2. The zero-order chi connectivity index (χ0) is 42.8.